The molecule has 0 saturated heterocycles. The van der Waals surface area contributed by atoms with Crippen LogP contribution in [0.4, 0.5) is 0 Å². The molecule has 0 saturated carbocycles. The minimum atomic E-state index is 0.242. The van der Waals surface area contributed by atoms with Crippen LogP contribution in [-0.4, -0.2) is 24.3 Å². The maximum absolute atomic E-state index is 8.76. The highest BCUT2D eigenvalue weighted by Gasteiger charge is 2.10. The number of rotatable bonds is 6. The van der Waals surface area contributed by atoms with Crippen molar-refractivity contribution in [2.45, 2.75) is 32.7 Å². The fourth-order valence-corrected chi connectivity index (χ4v) is 1.14. The average Bonchev–Trinajstić information content (AvgIpc) is 2.03. The Morgan fingerprint density at radius 3 is 2.58 bits per heavy atom. The third-order valence-corrected chi connectivity index (χ3v) is 1.92. The second-order valence-corrected chi connectivity index (χ2v) is 3.27. The van der Waals surface area contributed by atoms with Gasteiger partial charge in [0.1, 0.15) is 0 Å². The van der Waals surface area contributed by atoms with E-state index in [9.17, 15) is 0 Å². The molecule has 0 fully saturated rings. The van der Waals surface area contributed by atoms with E-state index in [0.717, 1.165) is 19.4 Å². The van der Waals surface area contributed by atoms with Crippen molar-refractivity contribution in [1.29, 1.82) is 0 Å². The summed E-state index contributed by atoms with van der Waals surface area (Å²) in [4.78, 5) is 0. The summed E-state index contributed by atoms with van der Waals surface area (Å²) in [6.45, 7) is 5.37. The average molecular weight is 169 g/mol. The first-order chi connectivity index (χ1) is 5.72. The number of nitrogens with one attached hydrogen (secondary N) is 1. The van der Waals surface area contributed by atoms with Crippen molar-refractivity contribution in [3.05, 3.63) is 0 Å². The van der Waals surface area contributed by atoms with E-state index in [-0.39, 0.29) is 6.61 Å². The molecule has 1 atom stereocenters. The lowest BCUT2D eigenvalue weighted by Gasteiger charge is -2.20. The maximum Gasteiger partial charge on any atom is 0.0445 e. The molecular formula is C10H19NO. The summed E-state index contributed by atoms with van der Waals surface area (Å²) in [5.74, 6) is 3.13. The van der Waals surface area contributed by atoms with Gasteiger partial charge in [0, 0.05) is 25.6 Å². The van der Waals surface area contributed by atoms with Crippen molar-refractivity contribution in [3.8, 4) is 12.3 Å². The third kappa shape index (κ3) is 5.17. The first-order valence-corrected chi connectivity index (χ1v) is 4.50. The van der Waals surface area contributed by atoms with Crippen LogP contribution in [0.15, 0.2) is 0 Å². The Morgan fingerprint density at radius 2 is 2.17 bits per heavy atom. The molecule has 2 heteroatoms. The minimum absolute atomic E-state index is 0.242. The quantitative estimate of drug-likeness (QED) is 0.459. The summed E-state index contributed by atoms with van der Waals surface area (Å²) < 4.78 is 0. The predicted molar refractivity (Wildman–Crippen MR) is 51.8 cm³/mol. The van der Waals surface area contributed by atoms with Crippen LogP contribution in [0.25, 0.3) is 0 Å². The molecule has 2 nitrogen and oxygen atoms in total. The van der Waals surface area contributed by atoms with E-state index < -0.39 is 0 Å². The zero-order valence-corrected chi connectivity index (χ0v) is 8.01. The summed E-state index contributed by atoms with van der Waals surface area (Å²) in [5.41, 5.74) is 0. The molecule has 70 valence electrons. The second kappa shape index (κ2) is 7.15. The van der Waals surface area contributed by atoms with Gasteiger partial charge < -0.3 is 10.4 Å². The van der Waals surface area contributed by atoms with Crippen LogP contribution in [0.5, 0.6) is 0 Å². The monoisotopic (exact) mass is 169 g/mol. The molecular weight excluding hydrogens is 150 g/mol. The molecule has 0 aromatic carbocycles. The molecule has 0 spiro atoms. The number of aliphatic hydroxyl groups is 1. The van der Waals surface area contributed by atoms with E-state index >= 15 is 0 Å². The molecule has 0 amide bonds. The molecule has 0 radical (unpaired) electrons. The van der Waals surface area contributed by atoms with E-state index in [1.165, 1.54) is 0 Å². The lowest BCUT2D eigenvalue weighted by atomic mass is 10.0. The Balaban J connectivity index is 3.57. The van der Waals surface area contributed by atoms with Gasteiger partial charge in [0.15, 0.2) is 0 Å². The summed E-state index contributed by atoms with van der Waals surface area (Å²) in [7, 11) is 0. The van der Waals surface area contributed by atoms with E-state index in [0.29, 0.717) is 12.0 Å². The van der Waals surface area contributed by atoms with Gasteiger partial charge in [-0.3, -0.25) is 0 Å². The normalized spacial score (nSPS) is 12.9. The topological polar surface area (TPSA) is 32.3 Å². The van der Waals surface area contributed by atoms with Crippen molar-refractivity contribution >= 4 is 0 Å². The molecule has 1 unspecified atom stereocenters. The minimum Gasteiger partial charge on any atom is -0.396 e. The van der Waals surface area contributed by atoms with Crippen molar-refractivity contribution in [2.24, 2.45) is 5.92 Å². The number of hydrogen-bond acceptors (Lipinski definition) is 2. The van der Waals surface area contributed by atoms with Crippen LogP contribution in [0.2, 0.25) is 0 Å². The van der Waals surface area contributed by atoms with Crippen molar-refractivity contribution in [1.82, 2.24) is 5.32 Å². The third-order valence-electron chi connectivity index (χ3n) is 1.92. The standard InChI is InChI=1S/C10H19NO/c1-4-5-7-11-10(6-8-12)9(2)3/h1,9-12H,5-8H2,2-3H3. The van der Waals surface area contributed by atoms with Crippen molar-refractivity contribution < 1.29 is 5.11 Å². The molecule has 0 aliphatic rings. The Labute approximate surface area is 75.4 Å². The van der Waals surface area contributed by atoms with E-state index in [1.807, 2.05) is 0 Å². The molecule has 0 heterocycles. The fraction of sp³-hybridized carbons (Fsp3) is 0.800. The Bertz CT molecular complexity index is 137. The van der Waals surface area contributed by atoms with Crippen LogP contribution < -0.4 is 5.32 Å². The molecule has 0 rings (SSSR count). The van der Waals surface area contributed by atoms with E-state index in [2.05, 4.69) is 25.1 Å². The Kier molecular flexibility index (Phi) is 6.84. The highest BCUT2D eigenvalue weighted by Crippen LogP contribution is 2.04. The zero-order chi connectivity index (χ0) is 9.40. The largest absolute Gasteiger partial charge is 0.396 e. The van der Waals surface area contributed by atoms with Gasteiger partial charge in [-0.05, 0) is 12.3 Å². The molecule has 2 N–H and O–H groups in total. The second-order valence-electron chi connectivity index (χ2n) is 3.27. The van der Waals surface area contributed by atoms with Gasteiger partial charge >= 0.3 is 0 Å². The lowest BCUT2D eigenvalue weighted by Crippen LogP contribution is -2.35. The predicted octanol–water partition coefficient (Wildman–Crippen LogP) is 1.01. The van der Waals surface area contributed by atoms with Gasteiger partial charge in [-0.25, -0.2) is 0 Å². The maximum atomic E-state index is 8.76. The first kappa shape index (κ1) is 11.5. The Hall–Kier alpha value is -0.520. The van der Waals surface area contributed by atoms with E-state index in [1.54, 1.807) is 0 Å². The number of aliphatic hydroxyl groups excluding tert-OH is 1. The molecule has 0 aromatic rings. The summed E-state index contributed by atoms with van der Waals surface area (Å²) in [6.07, 6.45) is 6.69. The summed E-state index contributed by atoms with van der Waals surface area (Å²) >= 11 is 0. The van der Waals surface area contributed by atoms with Crippen LogP contribution in [0.3, 0.4) is 0 Å². The summed E-state index contributed by atoms with van der Waals surface area (Å²) in [6, 6.07) is 0.392. The smallest absolute Gasteiger partial charge is 0.0445 e. The van der Waals surface area contributed by atoms with Crippen LogP contribution in [0, 0.1) is 18.3 Å². The highest BCUT2D eigenvalue weighted by atomic mass is 16.3. The molecule has 0 aromatic heterocycles. The molecule has 0 aliphatic carbocycles. The van der Waals surface area contributed by atoms with Crippen molar-refractivity contribution in [3.63, 3.8) is 0 Å². The van der Waals surface area contributed by atoms with Crippen molar-refractivity contribution in [2.75, 3.05) is 13.2 Å². The number of hydrogen-bond donors (Lipinski definition) is 2. The van der Waals surface area contributed by atoms with Crippen LogP contribution in [0.1, 0.15) is 26.7 Å². The zero-order valence-electron chi connectivity index (χ0n) is 8.01. The fourth-order valence-electron chi connectivity index (χ4n) is 1.14. The SMILES string of the molecule is C#CCCNC(CCO)C(C)C. The van der Waals surface area contributed by atoms with Crippen LogP contribution in [-0.2, 0) is 0 Å². The van der Waals surface area contributed by atoms with Gasteiger partial charge in [-0.15, -0.1) is 12.3 Å². The lowest BCUT2D eigenvalue weighted by molar-refractivity contribution is 0.245. The highest BCUT2D eigenvalue weighted by molar-refractivity contribution is 4.85. The number of terminal acetylenes is 1. The van der Waals surface area contributed by atoms with Crippen LogP contribution >= 0.6 is 0 Å². The van der Waals surface area contributed by atoms with Gasteiger partial charge in [-0.1, -0.05) is 13.8 Å². The van der Waals surface area contributed by atoms with Gasteiger partial charge in [-0.2, -0.15) is 0 Å². The van der Waals surface area contributed by atoms with E-state index in [4.69, 9.17) is 11.5 Å². The summed E-state index contributed by atoms with van der Waals surface area (Å²) in [5, 5.41) is 12.1. The van der Waals surface area contributed by atoms with Gasteiger partial charge in [0.25, 0.3) is 0 Å². The Morgan fingerprint density at radius 1 is 1.50 bits per heavy atom. The van der Waals surface area contributed by atoms with Gasteiger partial charge in [0.05, 0.1) is 0 Å². The van der Waals surface area contributed by atoms with Gasteiger partial charge in [0.2, 0.25) is 0 Å². The first-order valence-electron chi connectivity index (χ1n) is 4.50. The molecule has 12 heavy (non-hydrogen) atoms. The molecule has 0 aliphatic heterocycles. The molecule has 0 bridgehead atoms.